The van der Waals surface area contributed by atoms with Gasteiger partial charge in [0.15, 0.2) is 11.5 Å². The number of likely N-dealkylation sites (tertiary alicyclic amines) is 1. The number of thiazole rings is 1. The van der Waals surface area contributed by atoms with Crippen molar-refractivity contribution in [3.8, 4) is 11.5 Å². The van der Waals surface area contributed by atoms with E-state index in [1.54, 1.807) is 11.8 Å². The first-order valence-electron chi connectivity index (χ1n) is 8.74. The average Bonchev–Trinajstić information content (AvgIpc) is 3.29. The van der Waals surface area contributed by atoms with Gasteiger partial charge in [0.05, 0.1) is 0 Å². The van der Waals surface area contributed by atoms with E-state index in [1.807, 2.05) is 22.6 Å². The normalized spacial score (nSPS) is 21.8. The SMILES string of the molecule is CSc1nc(C(=O)N2CCC[C@](C)(Cc3ccc4c(c3)OCO4)C2)cs1. The topological polar surface area (TPSA) is 51.7 Å². The fraction of sp³-hybridized carbons (Fsp3) is 0.474. The molecule has 0 bridgehead atoms. The van der Waals surface area contributed by atoms with E-state index in [0.717, 1.165) is 48.2 Å². The van der Waals surface area contributed by atoms with Gasteiger partial charge in [0.1, 0.15) is 10.0 Å². The van der Waals surface area contributed by atoms with Crippen LogP contribution in [-0.4, -0.2) is 41.9 Å². The molecule has 2 aliphatic rings. The van der Waals surface area contributed by atoms with Gasteiger partial charge in [-0.1, -0.05) is 24.8 Å². The second-order valence-corrected chi connectivity index (χ2v) is 9.12. The van der Waals surface area contributed by atoms with Crippen LogP contribution in [-0.2, 0) is 6.42 Å². The molecule has 2 aromatic rings. The zero-order valence-corrected chi connectivity index (χ0v) is 16.6. The summed E-state index contributed by atoms with van der Waals surface area (Å²) in [6.45, 7) is 4.13. The van der Waals surface area contributed by atoms with Crippen molar-refractivity contribution in [2.45, 2.75) is 30.5 Å². The van der Waals surface area contributed by atoms with Gasteiger partial charge in [-0.05, 0) is 48.6 Å². The van der Waals surface area contributed by atoms with Crippen LogP contribution in [0.25, 0.3) is 0 Å². The van der Waals surface area contributed by atoms with Crippen LogP contribution < -0.4 is 9.47 Å². The van der Waals surface area contributed by atoms with Gasteiger partial charge in [0.2, 0.25) is 6.79 Å². The molecule has 2 aliphatic heterocycles. The van der Waals surface area contributed by atoms with Gasteiger partial charge < -0.3 is 14.4 Å². The number of hydrogen-bond donors (Lipinski definition) is 0. The first-order chi connectivity index (χ1) is 12.6. The monoisotopic (exact) mass is 390 g/mol. The number of hydrogen-bond acceptors (Lipinski definition) is 6. The summed E-state index contributed by atoms with van der Waals surface area (Å²) in [6.07, 6.45) is 5.03. The molecule has 1 saturated heterocycles. The summed E-state index contributed by atoms with van der Waals surface area (Å²) >= 11 is 3.11. The highest BCUT2D eigenvalue weighted by atomic mass is 32.2. The van der Waals surface area contributed by atoms with Crippen molar-refractivity contribution in [3.63, 3.8) is 0 Å². The van der Waals surface area contributed by atoms with Gasteiger partial charge in [-0.25, -0.2) is 4.98 Å². The van der Waals surface area contributed by atoms with Crippen LogP contribution in [0.15, 0.2) is 27.9 Å². The maximum absolute atomic E-state index is 12.8. The lowest BCUT2D eigenvalue weighted by Gasteiger charge is -2.40. The maximum Gasteiger partial charge on any atom is 0.273 e. The predicted molar refractivity (Wildman–Crippen MR) is 103 cm³/mol. The Bertz CT molecular complexity index is 823. The van der Waals surface area contributed by atoms with Crippen LogP contribution in [0.3, 0.4) is 0 Å². The number of amides is 1. The van der Waals surface area contributed by atoms with Crippen molar-refractivity contribution in [1.29, 1.82) is 0 Å². The summed E-state index contributed by atoms with van der Waals surface area (Å²) in [4.78, 5) is 19.2. The Morgan fingerprint density at radius 2 is 2.23 bits per heavy atom. The van der Waals surface area contributed by atoms with Crippen molar-refractivity contribution >= 4 is 29.0 Å². The minimum atomic E-state index is 0.0539. The molecule has 0 radical (unpaired) electrons. The van der Waals surface area contributed by atoms with Crippen molar-refractivity contribution in [2.75, 3.05) is 26.1 Å². The lowest BCUT2D eigenvalue weighted by atomic mass is 9.77. The zero-order valence-electron chi connectivity index (χ0n) is 15.0. The van der Waals surface area contributed by atoms with E-state index in [9.17, 15) is 4.79 Å². The van der Waals surface area contributed by atoms with Gasteiger partial charge in [-0.2, -0.15) is 0 Å². The molecule has 1 atom stereocenters. The molecule has 7 heteroatoms. The lowest BCUT2D eigenvalue weighted by molar-refractivity contribution is 0.0545. The van der Waals surface area contributed by atoms with Gasteiger partial charge in [0, 0.05) is 18.5 Å². The minimum Gasteiger partial charge on any atom is -0.454 e. The summed E-state index contributed by atoms with van der Waals surface area (Å²) < 4.78 is 11.8. The molecule has 3 heterocycles. The number of carbonyl (C=O) groups excluding carboxylic acids is 1. The first-order valence-corrected chi connectivity index (χ1v) is 10.8. The Morgan fingerprint density at radius 3 is 3.04 bits per heavy atom. The van der Waals surface area contributed by atoms with Gasteiger partial charge in [-0.15, -0.1) is 11.3 Å². The van der Waals surface area contributed by atoms with Crippen molar-refractivity contribution in [1.82, 2.24) is 9.88 Å². The molecule has 1 amide bonds. The van der Waals surface area contributed by atoms with E-state index < -0.39 is 0 Å². The second-order valence-electron chi connectivity index (χ2n) is 7.21. The van der Waals surface area contributed by atoms with Crippen LogP contribution in [0.5, 0.6) is 11.5 Å². The molecule has 0 spiro atoms. The third-order valence-corrected chi connectivity index (χ3v) is 6.88. The van der Waals surface area contributed by atoms with E-state index >= 15 is 0 Å². The van der Waals surface area contributed by atoms with Crippen LogP contribution in [0.2, 0.25) is 0 Å². The molecule has 1 aromatic carbocycles. The van der Waals surface area contributed by atoms with Crippen molar-refractivity contribution in [3.05, 3.63) is 34.8 Å². The highest BCUT2D eigenvalue weighted by Gasteiger charge is 2.34. The van der Waals surface area contributed by atoms with Crippen LogP contribution >= 0.6 is 23.1 Å². The Balaban J connectivity index is 1.47. The molecule has 0 aliphatic carbocycles. The van der Waals surface area contributed by atoms with Crippen molar-refractivity contribution in [2.24, 2.45) is 5.41 Å². The Morgan fingerprint density at radius 1 is 1.38 bits per heavy atom. The number of benzene rings is 1. The van der Waals surface area contributed by atoms with Gasteiger partial charge in [-0.3, -0.25) is 4.79 Å². The smallest absolute Gasteiger partial charge is 0.273 e. The first kappa shape index (κ1) is 17.7. The third-order valence-electron chi connectivity index (χ3n) is 5.01. The summed E-state index contributed by atoms with van der Waals surface area (Å²) in [7, 11) is 0. The van der Waals surface area contributed by atoms with E-state index in [0.29, 0.717) is 12.5 Å². The third kappa shape index (κ3) is 3.55. The van der Waals surface area contributed by atoms with Gasteiger partial charge in [0.25, 0.3) is 5.91 Å². The molecular formula is C19H22N2O3S2. The van der Waals surface area contributed by atoms with Crippen LogP contribution in [0, 0.1) is 5.41 Å². The molecule has 4 rings (SSSR count). The second kappa shape index (κ2) is 7.12. The molecule has 0 N–H and O–H groups in total. The number of fused-ring (bicyclic) bond motifs is 1. The fourth-order valence-electron chi connectivity index (χ4n) is 3.79. The minimum absolute atomic E-state index is 0.0539. The molecule has 26 heavy (non-hydrogen) atoms. The number of rotatable bonds is 4. The summed E-state index contributed by atoms with van der Waals surface area (Å²) in [5, 5.41) is 1.87. The van der Waals surface area contributed by atoms with Gasteiger partial charge >= 0.3 is 0 Å². The Hall–Kier alpha value is -1.73. The standard InChI is InChI=1S/C19H22N2O3S2/c1-19(9-13-4-5-15-16(8-13)24-12-23-15)6-3-7-21(11-19)17(22)14-10-26-18(20-14)25-2/h4-5,8,10H,3,6-7,9,11-12H2,1-2H3/t19-/m1/s1. The molecule has 0 unspecified atom stereocenters. The summed E-state index contributed by atoms with van der Waals surface area (Å²) in [5.41, 5.74) is 1.86. The van der Waals surface area contributed by atoms with E-state index in [4.69, 9.17) is 9.47 Å². The maximum atomic E-state index is 12.8. The number of nitrogens with zero attached hydrogens (tertiary/aromatic N) is 2. The zero-order chi connectivity index (χ0) is 18.1. The molecule has 138 valence electrons. The Kier molecular flexibility index (Phi) is 4.84. The summed E-state index contributed by atoms with van der Waals surface area (Å²) in [6, 6.07) is 6.15. The fourth-order valence-corrected chi connectivity index (χ4v) is 5.02. The average molecular weight is 391 g/mol. The lowest BCUT2D eigenvalue weighted by Crippen LogP contribution is -2.45. The quantitative estimate of drug-likeness (QED) is 0.737. The highest BCUT2D eigenvalue weighted by molar-refractivity contribution is 8.00. The van der Waals surface area contributed by atoms with Crippen LogP contribution in [0.4, 0.5) is 0 Å². The van der Waals surface area contributed by atoms with E-state index in [2.05, 4.69) is 24.0 Å². The number of carbonyl (C=O) groups is 1. The predicted octanol–water partition coefficient (Wildman–Crippen LogP) is 4.08. The summed E-state index contributed by atoms with van der Waals surface area (Å²) in [5.74, 6) is 1.69. The highest BCUT2D eigenvalue weighted by Crippen LogP contribution is 2.38. The molecule has 1 fully saturated rings. The Labute approximate surface area is 161 Å². The number of aromatic nitrogens is 1. The number of piperidine rings is 1. The van der Waals surface area contributed by atoms with E-state index in [1.165, 1.54) is 16.9 Å². The largest absolute Gasteiger partial charge is 0.454 e. The number of thioether (sulfide) groups is 1. The van der Waals surface area contributed by atoms with E-state index in [-0.39, 0.29) is 11.3 Å². The number of ether oxygens (including phenoxy) is 2. The van der Waals surface area contributed by atoms with Crippen molar-refractivity contribution < 1.29 is 14.3 Å². The molecular weight excluding hydrogens is 368 g/mol. The molecule has 1 aromatic heterocycles. The van der Waals surface area contributed by atoms with Crippen LogP contribution in [0.1, 0.15) is 35.8 Å². The molecule has 5 nitrogen and oxygen atoms in total. The molecule has 0 saturated carbocycles.